The molecule has 0 radical (unpaired) electrons. The second-order valence-electron chi connectivity index (χ2n) is 5.22. The molecule has 1 saturated carbocycles. The molecule has 5 nitrogen and oxygen atoms in total. The first-order valence-electron chi connectivity index (χ1n) is 6.92. The number of carbonyl (C=O) groups is 1. The number of hydrogen-bond acceptors (Lipinski definition) is 4. The quantitative estimate of drug-likeness (QED) is 0.721. The Bertz CT molecular complexity index is 271. The number of carbonyl (C=O) groups excluding carboxylic acids is 1. The standard InChI is InChI=1S/C12H22BNO4/c15-12(8-10-4-2-1-3-5-10)14-11-9-17-6-7-18-13(11)16/h10-11,16H,1-9H2,(H,14,15). The highest BCUT2D eigenvalue weighted by molar-refractivity contribution is 6.45. The van der Waals surface area contributed by atoms with E-state index in [2.05, 4.69) is 5.32 Å². The molecule has 2 fully saturated rings. The molecule has 2 aliphatic rings. The van der Waals surface area contributed by atoms with Crippen LogP contribution < -0.4 is 5.32 Å². The molecule has 0 aromatic rings. The second-order valence-corrected chi connectivity index (χ2v) is 5.22. The van der Waals surface area contributed by atoms with Gasteiger partial charge in [0, 0.05) is 6.42 Å². The van der Waals surface area contributed by atoms with Crippen LogP contribution in [0.1, 0.15) is 38.5 Å². The van der Waals surface area contributed by atoms with Gasteiger partial charge in [-0.2, -0.15) is 0 Å². The Morgan fingerprint density at radius 1 is 1.28 bits per heavy atom. The summed E-state index contributed by atoms with van der Waals surface area (Å²) in [5.41, 5.74) is 0. The number of amides is 1. The van der Waals surface area contributed by atoms with E-state index in [9.17, 15) is 9.82 Å². The lowest BCUT2D eigenvalue weighted by Crippen LogP contribution is -2.49. The Hall–Kier alpha value is -0.585. The summed E-state index contributed by atoms with van der Waals surface area (Å²) in [7, 11) is -0.956. The Morgan fingerprint density at radius 2 is 2.06 bits per heavy atom. The summed E-state index contributed by atoms with van der Waals surface area (Å²) in [5, 5.41) is 12.5. The van der Waals surface area contributed by atoms with Crippen molar-refractivity contribution in [1.82, 2.24) is 5.32 Å². The van der Waals surface area contributed by atoms with Gasteiger partial charge < -0.3 is 19.7 Å². The molecule has 1 atom stereocenters. The van der Waals surface area contributed by atoms with E-state index >= 15 is 0 Å². The zero-order valence-corrected chi connectivity index (χ0v) is 10.8. The first-order valence-corrected chi connectivity index (χ1v) is 6.92. The molecule has 1 unspecified atom stereocenters. The fourth-order valence-electron chi connectivity index (χ4n) is 2.67. The van der Waals surface area contributed by atoms with Gasteiger partial charge in [0.05, 0.1) is 25.8 Å². The third kappa shape index (κ3) is 4.26. The molecule has 18 heavy (non-hydrogen) atoms. The highest BCUT2D eigenvalue weighted by Gasteiger charge is 2.31. The van der Waals surface area contributed by atoms with E-state index in [0.717, 1.165) is 12.8 Å². The third-order valence-corrected chi connectivity index (χ3v) is 3.70. The van der Waals surface area contributed by atoms with Crippen LogP contribution in [0.4, 0.5) is 0 Å². The predicted octanol–water partition coefficient (Wildman–Crippen LogP) is 0.508. The minimum Gasteiger partial charge on any atom is -0.426 e. The molecular weight excluding hydrogens is 233 g/mol. The highest BCUT2D eigenvalue weighted by Crippen LogP contribution is 2.26. The molecule has 2 N–H and O–H groups in total. The summed E-state index contributed by atoms with van der Waals surface area (Å²) < 4.78 is 10.4. The van der Waals surface area contributed by atoms with Gasteiger partial charge in [-0.25, -0.2) is 0 Å². The van der Waals surface area contributed by atoms with E-state index in [4.69, 9.17) is 9.39 Å². The van der Waals surface area contributed by atoms with Gasteiger partial charge in [-0.05, 0) is 18.8 Å². The highest BCUT2D eigenvalue weighted by atomic mass is 16.6. The van der Waals surface area contributed by atoms with Gasteiger partial charge >= 0.3 is 7.12 Å². The summed E-state index contributed by atoms with van der Waals surface area (Å²) in [6.45, 7) is 1.15. The molecule has 102 valence electrons. The smallest absolute Gasteiger partial charge is 0.426 e. The molecule has 0 aromatic heterocycles. The molecule has 0 aromatic carbocycles. The van der Waals surface area contributed by atoms with Crippen molar-refractivity contribution in [3.63, 3.8) is 0 Å². The van der Waals surface area contributed by atoms with E-state index in [1.807, 2.05) is 0 Å². The van der Waals surface area contributed by atoms with E-state index < -0.39 is 13.1 Å². The van der Waals surface area contributed by atoms with Gasteiger partial charge in [0.1, 0.15) is 0 Å². The van der Waals surface area contributed by atoms with Crippen molar-refractivity contribution >= 4 is 13.0 Å². The summed E-state index contributed by atoms with van der Waals surface area (Å²) >= 11 is 0. The molecule has 1 amide bonds. The number of nitrogens with one attached hydrogen (secondary N) is 1. The first-order chi connectivity index (χ1) is 8.75. The van der Waals surface area contributed by atoms with Crippen LogP contribution in [0.3, 0.4) is 0 Å². The van der Waals surface area contributed by atoms with Gasteiger partial charge in [-0.15, -0.1) is 0 Å². The second kappa shape index (κ2) is 7.11. The lowest BCUT2D eigenvalue weighted by molar-refractivity contribution is -0.122. The van der Waals surface area contributed by atoms with Gasteiger partial charge in [0.2, 0.25) is 5.91 Å². The minimum atomic E-state index is -0.956. The van der Waals surface area contributed by atoms with Crippen molar-refractivity contribution in [2.75, 3.05) is 19.8 Å². The van der Waals surface area contributed by atoms with Crippen molar-refractivity contribution < 1.29 is 19.2 Å². The summed E-state index contributed by atoms with van der Waals surface area (Å²) in [4.78, 5) is 11.9. The monoisotopic (exact) mass is 255 g/mol. The first kappa shape index (κ1) is 13.8. The zero-order chi connectivity index (χ0) is 12.8. The Balaban J connectivity index is 1.74. The van der Waals surface area contributed by atoms with Gasteiger partial charge in [-0.3, -0.25) is 4.79 Å². The van der Waals surface area contributed by atoms with Gasteiger partial charge in [0.15, 0.2) is 0 Å². The van der Waals surface area contributed by atoms with Crippen LogP contribution in [0.5, 0.6) is 0 Å². The predicted molar refractivity (Wildman–Crippen MR) is 67.9 cm³/mol. The van der Waals surface area contributed by atoms with Crippen molar-refractivity contribution in [2.45, 2.75) is 44.5 Å². The number of hydrogen-bond donors (Lipinski definition) is 2. The molecule has 1 aliphatic heterocycles. The largest absolute Gasteiger partial charge is 0.480 e. The van der Waals surface area contributed by atoms with Crippen molar-refractivity contribution in [2.24, 2.45) is 5.92 Å². The van der Waals surface area contributed by atoms with Gasteiger partial charge in [-0.1, -0.05) is 19.3 Å². The van der Waals surface area contributed by atoms with Crippen molar-refractivity contribution in [3.05, 3.63) is 0 Å². The van der Waals surface area contributed by atoms with Crippen LogP contribution in [0.15, 0.2) is 0 Å². The van der Waals surface area contributed by atoms with E-state index in [-0.39, 0.29) is 5.91 Å². The molecule has 0 spiro atoms. The molecular formula is C12H22BNO4. The lowest BCUT2D eigenvalue weighted by atomic mass is 9.79. The fraction of sp³-hybridized carbons (Fsp3) is 0.917. The average Bonchev–Trinajstić information content (AvgIpc) is 2.56. The maximum atomic E-state index is 11.9. The minimum absolute atomic E-state index is 0.0000463. The Kier molecular flexibility index (Phi) is 5.47. The maximum absolute atomic E-state index is 11.9. The fourth-order valence-corrected chi connectivity index (χ4v) is 2.67. The Morgan fingerprint density at radius 3 is 2.83 bits per heavy atom. The van der Waals surface area contributed by atoms with E-state index in [1.165, 1.54) is 19.3 Å². The summed E-state index contributed by atoms with van der Waals surface area (Å²) in [6.07, 6.45) is 6.61. The molecule has 6 heteroatoms. The molecule has 1 aliphatic carbocycles. The van der Waals surface area contributed by atoms with Gasteiger partial charge in [0.25, 0.3) is 0 Å². The normalized spacial score (nSPS) is 26.7. The van der Waals surface area contributed by atoms with Crippen LogP contribution in [-0.2, 0) is 14.2 Å². The van der Waals surface area contributed by atoms with Crippen LogP contribution in [0, 0.1) is 5.92 Å². The van der Waals surface area contributed by atoms with Crippen LogP contribution in [0.2, 0.25) is 0 Å². The van der Waals surface area contributed by atoms with E-state index in [0.29, 0.717) is 32.2 Å². The van der Waals surface area contributed by atoms with Crippen molar-refractivity contribution in [3.8, 4) is 0 Å². The third-order valence-electron chi connectivity index (χ3n) is 3.70. The van der Waals surface area contributed by atoms with Crippen molar-refractivity contribution in [1.29, 1.82) is 0 Å². The Labute approximate surface area is 108 Å². The van der Waals surface area contributed by atoms with E-state index in [1.54, 1.807) is 0 Å². The average molecular weight is 255 g/mol. The molecule has 2 rings (SSSR count). The topological polar surface area (TPSA) is 67.8 Å². The summed E-state index contributed by atoms with van der Waals surface area (Å²) in [5.74, 6) is 0.0622. The molecule has 1 heterocycles. The number of ether oxygens (including phenoxy) is 1. The lowest BCUT2D eigenvalue weighted by Gasteiger charge is -2.23. The van der Waals surface area contributed by atoms with Crippen LogP contribution in [0.25, 0.3) is 0 Å². The SMILES string of the molecule is O=C(CC1CCCCC1)NC1COCCOB1O. The molecule has 0 bridgehead atoms. The zero-order valence-electron chi connectivity index (χ0n) is 10.8. The van der Waals surface area contributed by atoms with Crippen LogP contribution in [-0.4, -0.2) is 43.8 Å². The summed E-state index contributed by atoms with van der Waals surface area (Å²) in [6, 6.07) is 0. The van der Waals surface area contributed by atoms with Crippen LogP contribution >= 0.6 is 0 Å². The molecule has 1 saturated heterocycles. The number of rotatable bonds is 3. The maximum Gasteiger partial charge on any atom is 0.480 e.